The second-order valence-corrected chi connectivity index (χ2v) is 4.75. The van der Waals surface area contributed by atoms with Crippen LogP contribution in [0.5, 0.6) is 0 Å². The number of hydrogen-bond donors (Lipinski definition) is 0. The summed E-state index contributed by atoms with van der Waals surface area (Å²) in [4.78, 5) is 18.8. The first-order chi connectivity index (χ1) is 8.90. The summed E-state index contributed by atoms with van der Waals surface area (Å²) in [7, 11) is 7.65. The topological polar surface area (TPSA) is 62.5 Å². The molecule has 0 amide bonds. The van der Waals surface area contributed by atoms with Gasteiger partial charge in [-0.1, -0.05) is 0 Å². The molecular formula is C13H16N4O2. The first-order valence-corrected chi connectivity index (χ1v) is 5.84. The molecule has 1 heterocycles. The van der Waals surface area contributed by atoms with Crippen LogP contribution in [0.3, 0.4) is 0 Å². The Balaban J connectivity index is 2.76. The highest BCUT2D eigenvalue weighted by Gasteiger charge is 2.13. The molecule has 2 aromatic rings. The van der Waals surface area contributed by atoms with Gasteiger partial charge < -0.3 is 9.80 Å². The van der Waals surface area contributed by atoms with Crippen LogP contribution in [0.2, 0.25) is 0 Å². The third kappa shape index (κ3) is 2.42. The number of rotatable bonds is 3. The summed E-state index contributed by atoms with van der Waals surface area (Å²) in [5.74, 6) is 0.824. The largest absolute Gasteiger partial charge is 0.377 e. The first-order valence-electron chi connectivity index (χ1n) is 5.84. The fraction of sp³-hybridized carbons (Fsp3) is 0.308. The smallest absolute Gasteiger partial charge is 0.270 e. The van der Waals surface area contributed by atoms with Crippen molar-refractivity contribution in [1.82, 2.24) is 4.98 Å². The molecule has 2 rings (SSSR count). The van der Waals surface area contributed by atoms with Gasteiger partial charge in [0, 0.05) is 57.5 Å². The van der Waals surface area contributed by atoms with E-state index in [2.05, 4.69) is 4.98 Å². The minimum Gasteiger partial charge on any atom is -0.377 e. The number of nitro benzene ring substituents is 1. The summed E-state index contributed by atoms with van der Waals surface area (Å²) in [6.07, 6.45) is 0. The lowest BCUT2D eigenvalue weighted by atomic mass is 10.1. The van der Waals surface area contributed by atoms with Crippen molar-refractivity contribution < 1.29 is 4.92 Å². The molecule has 0 saturated heterocycles. The molecule has 0 bridgehead atoms. The van der Waals surface area contributed by atoms with Crippen LogP contribution in [0.1, 0.15) is 0 Å². The van der Waals surface area contributed by atoms with Gasteiger partial charge >= 0.3 is 0 Å². The molecule has 0 unspecified atom stereocenters. The van der Waals surface area contributed by atoms with E-state index in [4.69, 9.17) is 0 Å². The van der Waals surface area contributed by atoms with Crippen LogP contribution in [-0.4, -0.2) is 38.1 Å². The number of nitro groups is 1. The predicted octanol–water partition coefficient (Wildman–Crippen LogP) is 2.28. The zero-order valence-electron chi connectivity index (χ0n) is 11.4. The van der Waals surface area contributed by atoms with E-state index in [9.17, 15) is 10.1 Å². The Morgan fingerprint density at radius 2 is 1.79 bits per heavy atom. The molecule has 0 atom stereocenters. The van der Waals surface area contributed by atoms with Crippen molar-refractivity contribution in [3.8, 4) is 0 Å². The summed E-state index contributed by atoms with van der Waals surface area (Å²) < 4.78 is 0. The number of benzene rings is 1. The van der Waals surface area contributed by atoms with Crippen LogP contribution in [-0.2, 0) is 0 Å². The summed E-state index contributed by atoms with van der Waals surface area (Å²) in [5.41, 5.74) is 1.74. The maximum atomic E-state index is 10.9. The monoisotopic (exact) mass is 260 g/mol. The zero-order chi connectivity index (χ0) is 14.2. The van der Waals surface area contributed by atoms with Crippen LogP contribution in [0.15, 0.2) is 24.3 Å². The Hall–Kier alpha value is -2.37. The molecule has 1 aromatic carbocycles. The second-order valence-electron chi connectivity index (χ2n) is 4.75. The van der Waals surface area contributed by atoms with E-state index < -0.39 is 4.92 Å². The van der Waals surface area contributed by atoms with E-state index >= 15 is 0 Å². The van der Waals surface area contributed by atoms with Gasteiger partial charge in [-0.25, -0.2) is 4.98 Å². The number of fused-ring (bicyclic) bond motifs is 1. The van der Waals surface area contributed by atoms with E-state index in [-0.39, 0.29) is 5.69 Å². The number of hydrogen-bond acceptors (Lipinski definition) is 5. The van der Waals surface area contributed by atoms with E-state index in [0.717, 1.165) is 22.4 Å². The summed E-state index contributed by atoms with van der Waals surface area (Å²) in [6, 6.07) is 6.66. The van der Waals surface area contributed by atoms with Gasteiger partial charge in [-0.3, -0.25) is 10.1 Å². The molecule has 0 fully saturated rings. The third-order valence-electron chi connectivity index (χ3n) is 2.91. The van der Waals surface area contributed by atoms with E-state index in [1.54, 1.807) is 12.1 Å². The fourth-order valence-electron chi connectivity index (χ4n) is 1.90. The Morgan fingerprint density at radius 1 is 1.11 bits per heavy atom. The minimum absolute atomic E-state index is 0.0787. The lowest BCUT2D eigenvalue weighted by Gasteiger charge is -2.19. The van der Waals surface area contributed by atoms with Gasteiger partial charge in [0.2, 0.25) is 0 Å². The molecule has 0 radical (unpaired) electrons. The highest BCUT2D eigenvalue weighted by molar-refractivity contribution is 5.94. The van der Waals surface area contributed by atoms with Crippen LogP contribution >= 0.6 is 0 Å². The standard InChI is InChI=1S/C13H16N4O2/c1-15(2)12-8-13(16(3)4)14-11-6-5-9(17(18)19)7-10(11)12/h5-8H,1-4H3. The number of pyridine rings is 1. The second kappa shape index (κ2) is 4.72. The molecule has 0 aliphatic heterocycles. The zero-order valence-corrected chi connectivity index (χ0v) is 11.4. The highest BCUT2D eigenvalue weighted by Crippen LogP contribution is 2.30. The van der Waals surface area contributed by atoms with Crippen molar-refractivity contribution in [2.45, 2.75) is 0 Å². The minimum atomic E-state index is -0.390. The lowest BCUT2D eigenvalue weighted by Crippen LogP contribution is -2.14. The van der Waals surface area contributed by atoms with Crippen molar-refractivity contribution in [2.24, 2.45) is 0 Å². The number of anilines is 2. The van der Waals surface area contributed by atoms with Crippen molar-refractivity contribution >= 4 is 28.1 Å². The van der Waals surface area contributed by atoms with Gasteiger partial charge in [-0.05, 0) is 6.07 Å². The van der Waals surface area contributed by atoms with Gasteiger partial charge in [0.25, 0.3) is 5.69 Å². The van der Waals surface area contributed by atoms with Crippen LogP contribution < -0.4 is 9.80 Å². The summed E-state index contributed by atoms with van der Waals surface area (Å²) in [5, 5.41) is 11.6. The number of nitrogens with zero attached hydrogens (tertiary/aromatic N) is 4. The molecule has 19 heavy (non-hydrogen) atoms. The molecule has 1 aromatic heterocycles. The molecule has 100 valence electrons. The first kappa shape index (κ1) is 13.1. The van der Waals surface area contributed by atoms with Crippen LogP contribution in [0.4, 0.5) is 17.2 Å². The predicted molar refractivity (Wildman–Crippen MR) is 77.1 cm³/mol. The van der Waals surface area contributed by atoms with Gasteiger partial charge in [-0.15, -0.1) is 0 Å². The average molecular weight is 260 g/mol. The maximum absolute atomic E-state index is 10.9. The molecule has 6 nitrogen and oxygen atoms in total. The van der Waals surface area contributed by atoms with Gasteiger partial charge in [-0.2, -0.15) is 0 Å². The number of non-ortho nitro benzene ring substituents is 1. The van der Waals surface area contributed by atoms with E-state index in [1.807, 2.05) is 44.1 Å². The van der Waals surface area contributed by atoms with Crippen LogP contribution in [0, 0.1) is 10.1 Å². The lowest BCUT2D eigenvalue weighted by molar-refractivity contribution is -0.384. The summed E-state index contributed by atoms with van der Waals surface area (Å²) in [6.45, 7) is 0. The molecule has 0 aliphatic rings. The van der Waals surface area contributed by atoms with Gasteiger partial charge in [0.1, 0.15) is 5.82 Å². The molecule has 0 aliphatic carbocycles. The molecule has 0 spiro atoms. The van der Waals surface area contributed by atoms with Crippen molar-refractivity contribution in [3.05, 3.63) is 34.4 Å². The quantitative estimate of drug-likeness (QED) is 0.625. The fourth-order valence-corrected chi connectivity index (χ4v) is 1.90. The molecular weight excluding hydrogens is 244 g/mol. The normalized spacial score (nSPS) is 10.5. The van der Waals surface area contributed by atoms with Crippen molar-refractivity contribution in [2.75, 3.05) is 38.0 Å². The maximum Gasteiger partial charge on any atom is 0.270 e. The third-order valence-corrected chi connectivity index (χ3v) is 2.91. The molecule has 0 N–H and O–H groups in total. The SMILES string of the molecule is CN(C)c1cc(N(C)C)c2cc([N+](=O)[O-])ccc2n1. The molecule has 0 saturated carbocycles. The summed E-state index contributed by atoms with van der Waals surface area (Å²) >= 11 is 0. The molecule has 6 heteroatoms. The van der Waals surface area contributed by atoms with E-state index in [1.165, 1.54) is 6.07 Å². The number of aromatic nitrogens is 1. The van der Waals surface area contributed by atoms with E-state index in [0.29, 0.717) is 0 Å². The Bertz CT molecular complexity index is 638. The van der Waals surface area contributed by atoms with Gasteiger partial charge in [0.05, 0.1) is 10.4 Å². The average Bonchev–Trinajstić information content (AvgIpc) is 2.36. The van der Waals surface area contributed by atoms with Gasteiger partial charge in [0.15, 0.2) is 0 Å². The Morgan fingerprint density at radius 3 is 2.32 bits per heavy atom. The van der Waals surface area contributed by atoms with Crippen LogP contribution in [0.25, 0.3) is 10.9 Å². The van der Waals surface area contributed by atoms with Crippen molar-refractivity contribution in [1.29, 1.82) is 0 Å². The highest BCUT2D eigenvalue weighted by atomic mass is 16.6. The Labute approximate surface area is 111 Å². The van der Waals surface area contributed by atoms with Crippen molar-refractivity contribution in [3.63, 3.8) is 0 Å². The Kier molecular flexibility index (Phi) is 3.25.